The van der Waals surface area contributed by atoms with E-state index in [1.165, 1.54) is 17.1 Å². The van der Waals surface area contributed by atoms with Gasteiger partial charge in [-0.2, -0.15) is 0 Å². The largest absolute Gasteiger partial charge is 0.355 e. The summed E-state index contributed by atoms with van der Waals surface area (Å²) in [5.41, 5.74) is 0. The SMILES string of the molecule is CCCCS(=O)(=O)N1CCC(C(=O)NCCC(=O)NC2CCCC2)CC1. The molecule has 2 aliphatic rings. The minimum Gasteiger partial charge on any atom is -0.355 e. The number of hydrogen-bond acceptors (Lipinski definition) is 4. The number of carbonyl (C=O) groups excluding carboxylic acids is 2. The fourth-order valence-electron chi connectivity index (χ4n) is 3.67. The van der Waals surface area contributed by atoms with Gasteiger partial charge in [0.25, 0.3) is 0 Å². The summed E-state index contributed by atoms with van der Waals surface area (Å²) >= 11 is 0. The Labute approximate surface area is 157 Å². The number of nitrogens with zero attached hydrogens (tertiary/aromatic N) is 1. The topological polar surface area (TPSA) is 95.6 Å². The second-order valence-electron chi connectivity index (χ2n) is 7.43. The summed E-state index contributed by atoms with van der Waals surface area (Å²) in [6, 6.07) is 0.303. The lowest BCUT2D eigenvalue weighted by molar-refractivity contribution is -0.126. The standard InChI is InChI=1S/C18H33N3O4S/c1-2-3-14-26(24,25)21-12-9-15(10-13-21)18(23)19-11-8-17(22)20-16-6-4-5-7-16/h15-16H,2-14H2,1H3,(H,19,23)(H,20,22). The van der Waals surface area contributed by atoms with Gasteiger partial charge in [0, 0.05) is 38.0 Å². The number of nitrogens with one attached hydrogen (secondary N) is 2. The van der Waals surface area contributed by atoms with Gasteiger partial charge in [-0.05, 0) is 32.1 Å². The Morgan fingerprint density at radius 1 is 1.08 bits per heavy atom. The highest BCUT2D eigenvalue weighted by Gasteiger charge is 2.30. The molecule has 1 saturated heterocycles. The molecule has 0 atom stereocenters. The zero-order chi connectivity index (χ0) is 19.0. The third kappa shape index (κ3) is 6.54. The first-order valence-corrected chi connectivity index (χ1v) is 11.6. The lowest BCUT2D eigenvalue weighted by Gasteiger charge is -2.30. The molecule has 1 saturated carbocycles. The molecule has 2 N–H and O–H groups in total. The lowest BCUT2D eigenvalue weighted by Crippen LogP contribution is -2.44. The number of piperidine rings is 1. The van der Waals surface area contributed by atoms with Crippen LogP contribution in [0.2, 0.25) is 0 Å². The Hall–Kier alpha value is -1.15. The average Bonchev–Trinajstić information content (AvgIpc) is 3.13. The van der Waals surface area contributed by atoms with Crippen LogP contribution in [-0.2, 0) is 19.6 Å². The quantitative estimate of drug-likeness (QED) is 0.625. The number of amides is 2. The number of unbranched alkanes of at least 4 members (excludes halogenated alkanes) is 1. The predicted molar refractivity (Wildman–Crippen MR) is 101 cm³/mol. The van der Waals surface area contributed by atoms with E-state index >= 15 is 0 Å². The fraction of sp³-hybridized carbons (Fsp3) is 0.889. The fourth-order valence-corrected chi connectivity index (χ4v) is 5.34. The Morgan fingerprint density at radius 3 is 2.35 bits per heavy atom. The molecule has 0 bridgehead atoms. The number of sulfonamides is 1. The molecule has 150 valence electrons. The van der Waals surface area contributed by atoms with E-state index < -0.39 is 10.0 Å². The van der Waals surface area contributed by atoms with Crippen molar-refractivity contribution in [2.24, 2.45) is 5.92 Å². The maximum absolute atomic E-state index is 12.2. The average molecular weight is 388 g/mol. The van der Waals surface area contributed by atoms with Gasteiger partial charge in [0.1, 0.15) is 0 Å². The van der Waals surface area contributed by atoms with Crippen LogP contribution in [0.1, 0.15) is 64.7 Å². The number of rotatable bonds is 9. The van der Waals surface area contributed by atoms with Crippen LogP contribution in [0, 0.1) is 5.92 Å². The van der Waals surface area contributed by atoms with Crippen molar-refractivity contribution in [3.8, 4) is 0 Å². The van der Waals surface area contributed by atoms with Crippen LogP contribution in [0.3, 0.4) is 0 Å². The van der Waals surface area contributed by atoms with Crippen molar-refractivity contribution < 1.29 is 18.0 Å². The van der Waals surface area contributed by atoms with Crippen LogP contribution >= 0.6 is 0 Å². The maximum Gasteiger partial charge on any atom is 0.223 e. The van der Waals surface area contributed by atoms with Crippen molar-refractivity contribution in [3.63, 3.8) is 0 Å². The van der Waals surface area contributed by atoms with Crippen molar-refractivity contribution in [2.75, 3.05) is 25.4 Å². The first-order valence-electron chi connectivity index (χ1n) is 9.97. The summed E-state index contributed by atoms with van der Waals surface area (Å²) in [6.07, 6.45) is 7.38. The molecule has 1 heterocycles. The van der Waals surface area contributed by atoms with Gasteiger partial charge in [-0.25, -0.2) is 12.7 Å². The van der Waals surface area contributed by atoms with Gasteiger partial charge >= 0.3 is 0 Å². The van der Waals surface area contributed by atoms with Crippen LogP contribution in [0.25, 0.3) is 0 Å². The van der Waals surface area contributed by atoms with Gasteiger partial charge < -0.3 is 10.6 Å². The van der Waals surface area contributed by atoms with E-state index in [0.29, 0.717) is 51.4 Å². The normalized spacial score (nSPS) is 20.2. The molecular formula is C18H33N3O4S. The first kappa shape index (κ1) is 21.2. The zero-order valence-electron chi connectivity index (χ0n) is 15.8. The van der Waals surface area contributed by atoms with Crippen molar-refractivity contribution in [2.45, 2.75) is 70.8 Å². The summed E-state index contributed by atoms with van der Waals surface area (Å²) < 4.78 is 25.9. The zero-order valence-corrected chi connectivity index (χ0v) is 16.7. The van der Waals surface area contributed by atoms with Crippen molar-refractivity contribution in [1.82, 2.24) is 14.9 Å². The van der Waals surface area contributed by atoms with E-state index in [2.05, 4.69) is 10.6 Å². The van der Waals surface area contributed by atoms with E-state index in [1.54, 1.807) is 0 Å². The van der Waals surface area contributed by atoms with Crippen LogP contribution in [-0.4, -0.2) is 56.0 Å². The molecule has 0 unspecified atom stereocenters. The molecule has 1 aliphatic heterocycles. The van der Waals surface area contributed by atoms with Gasteiger partial charge in [0.2, 0.25) is 21.8 Å². The van der Waals surface area contributed by atoms with E-state index in [4.69, 9.17) is 0 Å². The van der Waals surface area contributed by atoms with Crippen LogP contribution in [0.5, 0.6) is 0 Å². The first-order chi connectivity index (χ1) is 12.4. The summed E-state index contributed by atoms with van der Waals surface area (Å²) in [5, 5.41) is 5.84. The number of hydrogen-bond donors (Lipinski definition) is 2. The molecule has 0 radical (unpaired) electrons. The van der Waals surface area contributed by atoms with Crippen LogP contribution in [0.15, 0.2) is 0 Å². The monoisotopic (exact) mass is 387 g/mol. The predicted octanol–water partition coefficient (Wildman–Crippen LogP) is 1.39. The lowest BCUT2D eigenvalue weighted by atomic mass is 9.97. The van der Waals surface area contributed by atoms with E-state index in [1.807, 2.05) is 6.92 Å². The summed E-state index contributed by atoms with van der Waals surface area (Å²) in [5.74, 6) is -0.0416. The molecule has 1 aliphatic carbocycles. The van der Waals surface area contributed by atoms with E-state index in [0.717, 1.165) is 19.3 Å². The minimum absolute atomic E-state index is 0.00552. The van der Waals surface area contributed by atoms with Gasteiger partial charge in [-0.3, -0.25) is 9.59 Å². The third-order valence-corrected chi connectivity index (χ3v) is 7.30. The summed E-state index contributed by atoms with van der Waals surface area (Å²) in [4.78, 5) is 24.1. The maximum atomic E-state index is 12.2. The highest BCUT2D eigenvalue weighted by atomic mass is 32.2. The number of carbonyl (C=O) groups is 2. The molecule has 8 heteroatoms. The van der Waals surface area contributed by atoms with E-state index in [9.17, 15) is 18.0 Å². The van der Waals surface area contributed by atoms with Crippen molar-refractivity contribution in [1.29, 1.82) is 0 Å². The Balaban J connectivity index is 1.64. The molecule has 0 aromatic carbocycles. The van der Waals surface area contributed by atoms with Gasteiger partial charge in [-0.1, -0.05) is 26.2 Å². The third-order valence-electron chi connectivity index (χ3n) is 5.35. The second-order valence-corrected chi connectivity index (χ2v) is 9.52. The highest BCUT2D eigenvalue weighted by Crippen LogP contribution is 2.21. The van der Waals surface area contributed by atoms with Gasteiger partial charge in [0.15, 0.2) is 0 Å². The Morgan fingerprint density at radius 2 is 1.73 bits per heavy atom. The van der Waals surface area contributed by atoms with Crippen LogP contribution in [0.4, 0.5) is 0 Å². The summed E-state index contributed by atoms with van der Waals surface area (Å²) in [6.45, 7) is 3.13. The molecule has 2 fully saturated rings. The molecular weight excluding hydrogens is 354 g/mol. The highest BCUT2D eigenvalue weighted by molar-refractivity contribution is 7.89. The van der Waals surface area contributed by atoms with Gasteiger partial charge in [-0.15, -0.1) is 0 Å². The van der Waals surface area contributed by atoms with Crippen molar-refractivity contribution >= 4 is 21.8 Å². The molecule has 7 nitrogen and oxygen atoms in total. The Kier molecular flexibility index (Phi) is 8.34. The van der Waals surface area contributed by atoms with Gasteiger partial charge in [0.05, 0.1) is 5.75 Å². The molecule has 0 aromatic heterocycles. The van der Waals surface area contributed by atoms with Crippen molar-refractivity contribution in [3.05, 3.63) is 0 Å². The molecule has 26 heavy (non-hydrogen) atoms. The molecule has 2 rings (SSSR count). The Bertz CT molecular complexity index is 565. The molecule has 2 amide bonds. The smallest absolute Gasteiger partial charge is 0.223 e. The molecule has 0 aromatic rings. The minimum atomic E-state index is -3.19. The van der Waals surface area contributed by atoms with Crippen LogP contribution < -0.4 is 10.6 Å². The summed E-state index contributed by atoms with van der Waals surface area (Å²) in [7, 11) is -3.19. The second kappa shape index (κ2) is 10.3. The van der Waals surface area contributed by atoms with E-state index in [-0.39, 0.29) is 23.5 Å². The molecule has 0 spiro atoms.